The molecule has 2 fully saturated rings. The van der Waals surface area contributed by atoms with Gasteiger partial charge in [-0.1, -0.05) is 22.9 Å². The van der Waals surface area contributed by atoms with Crippen LogP contribution < -0.4 is 10.6 Å². The minimum absolute atomic E-state index is 0.216. The average Bonchev–Trinajstić information content (AvgIpc) is 3.58. The fourth-order valence-electron chi connectivity index (χ4n) is 5.92. The second-order valence-corrected chi connectivity index (χ2v) is 12.9. The fourth-order valence-corrected chi connectivity index (χ4v) is 6.12. The van der Waals surface area contributed by atoms with Gasteiger partial charge >= 0.3 is 0 Å². The average molecular weight is 608 g/mol. The molecule has 3 N–H and O–H groups in total. The summed E-state index contributed by atoms with van der Waals surface area (Å²) in [5, 5.41) is 31.7. The molecule has 12 heteroatoms. The third-order valence-corrected chi connectivity index (χ3v) is 8.98. The van der Waals surface area contributed by atoms with E-state index in [4.69, 9.17) is 26.1 Å². The molecule has 3 aromatic rings. The minimum atomic E-state index is -0.594. The van der Waals surface area contributed by atoms with Gasteiger partial charge in [0.05, 0.1) is 28.8 Å². The number of nitriles is 1. The predicted octanol–water partition coefficient (Wildman–Crippen LogP) is 5.07. The summed E-state index contributed by atoms with van der Waals surface area (Å²) in [5.41, 5.74) is 1.69. The molecule has 0 spiro atoms. The van der Waals surface area contributed by atoms with Gasteiger partial charge in [0.25, 0.3) is 0 Å². The molecule has 3 aromatic heterocycles. The van der Waals surface area contributed by atoms with E-state index in [9.17, 15) is 5.26 Å². The standard InChI is InChI=1S/C31H42ClN9O2/c1-21(18-43-30(2,3)29-38-40-41-39-29)36-23-9-7-22(8-10-23)15-24-16-25(26(32)17-34-24)27-5-4-6-28(37-27)35-20-31(19-33)11-13-42-14-12-31/h4-6,16-17,21-23,36H,7-15,18,20H2,1-3H3,(H,35,37)(H,38,39,40,41). The first-order valence-corrected chi connectivity index (χ1v) is 15.6. The number of nitrogens with zero attached hydrogens (tertiary/aromatic N) is 6. The number of aromatic amines is 1. The zero-order valence-electron chi connectivity index (χ0n) is 25.3. The first-order chi connectivity index (χ1) is 20.7. The molecular weight excluding hydrogens is 566 g/mol. The van der Waals surface area contributed by atoms with Gasteiger partial charge in [-0.2, -0.15) is 10.5 Å². The highest BCUT2D eigenvalue weighted by Gasteiger charge is 2.33. The number of pyridine rings is 2. The van der Waals surface area contributed by atoms with Gasteiger partial charge in [0.1, 0.15) is 11.4 Å². The van der Waals surface area contributed by atoms with Gasteiger partial charge < -0.3 is 20.1 Å². The van der Waals surface area contributed by atoms with Gasteiger partial charge in [-0.15, -0.1) is 10.2 Å². The normalized spacial score (nSPS) is 21.2. The van der Waals surface area contributed by atoms with Crippen LogP contribution in [0, 0.1) is 22.7 Å². The number of hydrogen-bond donors (Lipinski definition) is 3. The summed E-state index contributed by atoms with van der Waals surface area (Å²) in [4.78, 5) is 9.49. The Hall–Kier alpha value is -3.17. The molecular formula is C31H42ClN9O2. The smallest absolute Gasteiger partial charge is 0.205 e. The molecule has 230 valence electrons. The molecule has 0 radical (unpaired) electrons. The van der Waals surface area contributed by atoms with Crippen molar-refractivity contribution in [2.45, 2.75) is 83.4 Å². The third kappa shape index (κ3) is 8.26. The van der Waals surface area contributed by atoms with Crippen LogP contribution in [0.1, 0.15) is 70.8 Å². The van der Waals surface area contributed by atoms with Crippen LogP contribution in [0.25, 0.3) is 11.3 Å². The Bertz CT molecular complexity index is 1360. The van der Waals surface area contributed by atoms with Gasteiger partial charge in [-0.25, -0.2) is 4.98 Å². The fraction of sp³-hybridized carbons (Fsp3) is 0.613. The molecule has 5 rings (SSSR count). The maximum atomic E-state index is 9.78. The van der Waals surface area contributed by atoms with Crippen LogP contribution in [0.4, 0.5) is 5.82 Å². The van der Waals surface area contributed by atoms with Crippen LogP contribution in [0.3, 0.4) is 0 Å². The highest BCUT2D eigenvalue weighted by Crippen LogP contribution is 2.33. The van der Waals surface area contributed by atoms with E-state index in [1.807, 2.05) is 32.0 Å². The molecule has 1 atom stereocenters. The van der Waals surface area contributed by atoms with Crippen molar-refractivity contribution < 1.29 is 9.47 Å². The van der Waals surface area contributed by atoms with E-state index >= 15 is 0 Å². The van der Waals surface area contributed by atoms with Crippen molar-refractivity contribution in [2.75, 3.05) is 31.7 Å². The number of tetrazole rings is 1. The Morgan fingerprint density at radius 3 is 2.74 bits per heavy atom. The van der Waals surface area contributed by atoms with Gasteiger partial charge in [0.15, 0.2) is 0 Å². The van der Waals surface area contributed by atoms with Crippen molar-refractivity contribution in [3.05, 3.63) is 47.0 Å². The van der Waals surface area contributed by atoms with E-state index in [1.165, 1.54) is 0 Å². The Balaban J connectivity index is 1.12. The first kappa shape index (κ1) is 31.3. The van der Waals surface area contributed by atoms with Crippen LogP contribution >= 0.6 is 11.6 Å². The second kappa shape index (κ2) is 14.1. The maximum absolute atomic E-state index is 9.78. The predicted molar refractivity (Wildman–Crippen MR) is 164 cm³/mol. The highest BCUT2D eigenvalue weighted by molar-refractivity contribution is 6.33. The minimum Gasteiger partial charge on any atom is -0.381 e. The van der Waals surface area contributed by atoms with E-state index in [0.29, 0.717) is 49.2 Å². The number of nitrogens with one attached hydrogen (secondary N) is 3. The Morgan fingerprint density at radius 2 is 2.02 bits per heavy atom. The molecule has 1 saturated carbocycles. The number of H-pyrrole nitrogens is 1. The van der Waals surface area contributed by atoms with E-state index in [2.05, 4.69) is 55.3 Å². The molecule has 43 heavy (non-hydrogen) atoms. The number of rotatable bonds is 12. The van der Waals surface area contributed by atoms with Crippen LogP contribution in [0.5, 0.6) is 0 Å². The lowest BCUT2D eigenvalue weighted by Gasteiger charge is -2.32. The summed E-state index contributed by atoms with van der Waals surface area (Å²) in [6, 6.07) is 11.1. The van der Waals surface area contributed by atoms with Crippen molar-refractivity contribution in [3.63, 3.8) is 0 Å². The van der Waals surface area contributed by atoms with Gasteiger partial charge in [-0.3, -0.25) is 4.98 Å². The van der Waals surface area contributed by atoms with Crippen molar-refractivity contribution in [2.24, 2.45) is 11.3 Å². The molecule has 1 unspecified atom stereocenters. The maximum Gasteiger partial charge on any atom is 0.205 e. The summed E-state index contributed by atoms with van der Waals surface area (Å²) < 4.78 is 11.6. The summed E-state index contributed by atoms with van der Waals surface area (Å²) in [5.74, 6) is 1.86. The molecule has 2 aliphatic rings. The lowest BCUT2D eigenvalue weighted by molar-refractivity contribution is -0.0381. The molecule has 11 nitrogen and oxygen atoms in total. The monoisotopic (exact) mass is 607 g/mol. The zero-order chi connectivity index (χ0) is 30.3. The molecule has 1 saturated heterocycles. The Labute approximate surface area is 258 Å². The summed E-state index contributed by atoms with van der Waals surface area (Å²) in [7, 11) is 0. The lowest BCUT2D eigenvalue weighted by Crippen LogP contribution is -2.42. The number of anilines is 1. The molecule has 0 aromatic carbocycles. The largest absolute Gasteiger partial charge is 0.381 e. The highest BCUT2D eigenvalue weighted by atomic mass is 35.5. The van der Waals surface area contributed by atoms with Crippen LogP contribution in [0.2, 0.25) is 5.02 Å². The number of aromatic nitrogens is 6. The Kier molecular flexibility index (Phi) is 10.2. The molecule has 4 heterocycles. The van der Waals surface area contributed by atoms with Crippen molar-refractivity contribution in [3.8, 4) is 17.3 Å². The van der Waals surface area contributed by atoms with E-state index in [1.54, 1.807) is 6.20 Å². The topological polar surface area (TPSA) is 147 Å². The number of halogens is 1. The molecule has 0 amide bonds. The van der Waals surface area contributed by atoms with Crippen LogP contribution in [0.15, 0.2) is 30.5 Å². The van der Waals surface area contributed by atoms with Crippen molar-refractivity contribution in [1.82, 2.24) is 35.9 Å². The van der Waals surface area contributed by atoms with E-state index in [-0.39, 0.29) is 6.04 Å². The van der Waals surface area contributed by atoms with Crippen LogP contribution in [-0.4, -0.2) is 69.0 Å². The first-order valence-electron chi connectivity index (χ1n) is 15.2. The Morgan fingerprint density at radius 1 is 1.23 bits per heavy atom. The van der Waals surface area contributed by atoms with Gasteiger partial charge in [-0.05, 0) is 89.8 Å². The summed E-state index contributed by atoms with van der Waals surface area (Å²) in [6.07, 6.45) is 8.63. The summed E-state index contributed by atoms with van der Waals surface area (Å²) >= 11 is 6.61. The van der Waals surface area contributed by atoms with Crippen molar-refractivity contribution >= 4 is 17.4 Å². The van der Waals surface area contributed by atoms with Crippen molar-refractivity contribution in [1.29, 1.82) is 5.26 Å². The number of hydrogen-bond acceptors (Lipinski definition) is 10. The zero-order valence-corrected chi connectivity index (χ0v) is 26.0. The SMILES string of the molecule is CC(COC(C)(C)c1nn[nH]n1)NC1CCC(Cc2cc(-c3cccc(NCC4(C#N)CCOCC4)n3)c(Cl)cn2)CC1. The van der Waals surface area contributed by atoms with Gasteiger partial charge in [0, 0.05) is 49.3 Å². The molecule has 1 aliphatic carbocycles. The quantitative estimate of drug-likeness (QED) is 0.255. The second-order valence-electron chi connectivity index (χ2n) is 12.5. The van der Waals surface area contributed by atoms with E-state index < -0.39 is 11.0 Å². The summed E-state index contributed by atoms with van der Waals surface area (Å²) in [6.45, 7) is 8.41. The van der Waals surface area contributed by atoms with Gasteiger partial charge in [0.2, 0.25) is 5.82 Å². The lowest BCUT2D eigenvalue weighted by atomic mass is 9.82. The molecule has 0 bridgehead atoms. The molecule has 1 aliphatic heterocycles. The number of ether oxygens (including phenoxy) is 2. The van der Waals surface area contributed by atoms with Crippen LogP contribution in [-0.2, 0) is 21.5 Å². The third-order valence-electron chi connectivity index (χ3n) is 8.67. The van der Waals surface area contributed by atoms with E-state index in [0.717, 1.165) is 67.7 Å².